The summed E-state index contributed by atoms with van der Waals surface area (Å²) < 4.78 is 56.7. The first-order valence-electron chi connectivity index (χ1n) is 15.2. The second-order valence-corrected chi connectivity index (χ2v) is 12.8. The van der Waals surface area contributed by atoms with Gasteiger partial charge >= 0.3 is 6.18 Å². The monoisotopic (exact) mass is 608 g/mol. The van der Waals surface area contributed by atoms with Gasteiger partial charge in [-0.3, -0.25) is 9.59 Å². The van der Waals surface area contributed by atoms with Gasteiger partial charge in [-0.1, -0.05) is 6.07 Å². The SMILES string of the molecule is Cc1ccc2oc(C3CCN(c4c(C(N)=O)c(=O)n(C)c5cc(CC6CCOC6)c(C6(C(F)(F)F)CC6)cc45)CC3)nc2c1. The van der Waals surface area contributed by atoms with Crippen molar-refractivity contribution in [1.29, 1.82) is 0 Å². The molecule has 2 aromatic heterocycles. The number of piperidine rings is 1. The van der Waals surface area contributed by atoms with Crippen molar-refractivity contribution in [3.63, 3.8) is 0 Å². The summed E-state index contributed by atoms with van der Waals surface area (Å²) in [6, 6.07) is 9.18. The number of benzene rings is 2. The minimum atomic E-state index is -4.43. The number of fused-ring (bicyclic) bond motifs is 2. The summed E-state index contributed by atoms with van der Waals surface area (Å²) in [5.41, 5.74) is 7.32. The Bertz CT molecular complexity index is 1840. The molecule has 2 aliphatic heterocycles. The Labute approximate surface area is 252 Å². The van der Waals surface area contributed by atoms with Crippen LogP contribution >= 0.6 is 0 Å². The normalized spacial score (nSPS) is 20.6. The van der Waals surface area contributed by atoms with Gasteiger partial charge < -0.3 is 24.4 Å². The first kappa shape index (κ1) is 28.9. The van der Waals surface area contributed by atoms with E-state index in [0.717, 1.165) is 17.5 Å². The largest absolute Gasteiger partial charge is 0.440 e. The fourth-order valence-electron chi connectivity index (χ4n) is 7.24. The molecule has 4 heterocycles. The molecule has 3 aliphatic rings. The lowest BCUT2D eigenvalue weighted by Gasteiger charge is -2.35. The molecule has 4 aromatic rings. The molecule has 3 fully saturated rings. The summed E-state index contributed by atoms with van der Waals surface area (Å²) in [6.07, 6.45) is -1.95. The number of amides is 1. The zero-order valence-electron chi connectivity index (χ0n) is 24.8. The molecule has 11 heteroatoms. The van der Waals surface area contributed by atoms with E-state index in [1.165, 1.54) is 4.57 Å². The Hall–Kier alpha value is -3.86. The summed E-state index contributed by atoms with van der Waals surface area (Å²) in [5, 5.41) is 0.439. The van der Waals surface area contributed by atoms with E-state index in [4.69, 9.17) is 19.9 Å². The van der Waals surface area contributed by atoms with Crippen molar-refractivity contribution in [2.75, 3.05) is 31.2 Å². The number of nitrogens with zero attached hydrogens (tertiary/aromatic N) is 3. The molecule has 0 bridgehead atoms. The molecular formula is C33H35F3N4O4. The summed E-state index contributed by atoms with van der Waals surface area (Å²) >= 11 is 0. The van der Waals surface area contributed by atoms with Gasteiger partial charge in [0.15, 0.2) is 11.5 Å². The molecule has 7 rings (SSSR count). The molecule has 1 atom stereocenters. The van der Waals surface area contributed by atoms with Crippen LogP contribution in [-0.4, -0.2) is 47.9 Å². The summed E-state index contributed by atoms with van der Waals surface area (Å²) in [5.74, 6) is -0.140. The smallest absolute Gasteiger partial charge is 0.398 e. The summed E-state index contributed by atoms with van der Waals surface area (Å²) in [7, 11) is 1.54. The molecule has 1 amide bonds. The predicted octanol–water partition coefficient (Wildman–Crippen LogP) is 5.64. The Kier molecular flexibility index (Phi) is 6.80. The molecule has 2 aromatic carbocycles. The fourth-order valence-corrected chi connectivity index (χ4v) is 7.24. The van der Waals surface area contributed by atoms with Crippen molar-refractivity contribution >= 4 is 33.6 Å². The van der Waals surface area contributed by atoms with Crippen molar-refractivity contribution in [2.45, 2.75) is 63.0 Å². The van der Waals surface area contributed by atoms with Gasteiger partial charge in [-0.05, 0) is 92.3 Å². The topological polar surface area (TPSA) is 104 Å². The van der Waals surface area contributed by atoms with Gasteiger partial charge in [0.1, 0.15) is 11.1 Å². The number of ether oxygens (including phenoxy) is 1. The number of aryl methyl sites for hydroxylation is 2. The summed E-state index contributed by atoms with van der Waals surface area (Å²) in [4.78, 5) is 33.1. The van der Waals surface area contributed by atoms with Gasteiger partial charge in [0, 0.05) is 44.7 Å². The number of hydrogen-bond acceptors (Lipinski definition) is 6. The van der Waals surface area contributed by atoms with E-state index in [1.54, 1.807) is 19.2 Å². The Morgan fingerprint density at radius 2 is 1.89 bits per heavy atom. The van der Waals surface area contributed by atoms with E-state index >= 15 is 0 Å². The van der Waals surface area contributed by atoms with E-state index in [0.29, 0.717) is 79.2 Å². The van der Waals surface area contributed by atoms with Crippen LogP contribution < -0.4 is 16.2 Å². The highest BCUT2D eigenvalue weighted by atomic mass is 19.4. The minimum absolute atomic E-state index is 0.00929. The van der Waals surface area contributed by atoms with Crippen LogP contribution in [0.5, 0.6) is 0 Å². The summed E-state index contributed by atoms with van der Waals surface area (Å²) in [6.45, 7) is 3.98. The number of nitrogens with two attached hydrogens (primary N) is 1. The van der Waals surface area contributed by atoms with Gasteiger partial charge in [-0.15, -0.1) is 0 Å². The molecule has 232 valence electrons. The number of carbonyl (C=O) groups is 1. The number of rotatable bonds is 6. The van der Waals surface area contributed by atoms with E-state index in [1.807, 2.05) is 30.0 Å². The number of halogens is 3. The third-order valence-corrected chi connectivity index (χ3v) is 9.90. The number of anilines is 1. The van der Waals surface area contributed by atoms with Crippen LogP contribution in [0.4, 0.5) is 18.9 Å². The maximum absolute atomic E-state index is 14.6. The third kappa shape index (κ3) is 4.67. The second-order valence-electron chi connectivity index (χ2n) is 12.8. The quantitative estimate of drug-likeness (QED) is 0.304. The lowest BCUT2D eigenvalue weighted by molar-refractivity contribution is -0.160. The van der Waals surface area contributed by atoms with Crippen LogP contribution in [0.2, 0.25) is 0 Å². The molecule has 1 aliphatic carbocycles. The minimum Gasteiger partial charge on any atom is -0.440 e. The molecule has 1 saturated carbocycles. The van der Waals surface area contributed by atoms with Crippen LogP contribution in [0, 0.1) is 12.8 Å². The van der Waals surface area contributed by atoms with Gasteiger partial charge in [-0.2, -0.15) is 13.2 Å². The van der Waals surface area contributed by atoms with E-state index in [-0.39, 0.29) is 35.8 Å². The molecule has 2 N–H and O–H groups in total. The Morgan fingerprint density at radius 3 is 2.52 bits per heavy atom. The van der Waals surface area contributed by atoms with E-state index in [2.05, 4.69) is 0 Å². The highest BCUT2D eigenvalue weighted by molar-refractivity contribution is 6.07. The van der Waals surface area contributed by atoms with Crippen molar-refractivity contribution in [3.05, 3.63) is 68.8 Å². The first-order chi connectivity index (χ1) is 21.0. The van der Waals surface area contributed by atoms with Crippen molar-refractivity contribution in [2.24, 2.45) is 18.7 Å². The maximum atomic E-state index is 14.6. The van der Waals surface area contributed by atoms with Crippen molar-refractivity contribution in [3.8, 4) is 0 Å². The fraction of sp³-hybridized carbons (Fsp3) is 0.485. The molecule has 2 saturated heterocycles. The molecule has 44 heavy (non-hydrogen) atoms. The standard InChI is InChI=1S/C33H35F3N4O4/c1-18-3-4-26-24(13-18)38-30(44-26)20-5-10-40(11-6-20)28-22-16-23(32(8-9-32)33(34,35)36)21(14-19-7-12-43-17-19)15-25(22)39(2)31(42)27(28)29(37)41/h3-4,13,15-16,19-20H,5-12,14,17H2,1-2H3,(H2,37,41). The number of pyridine rings is 1. The van der Waals surface area contributed by atoms with Crippen molar-refractivity contribution in [1.82, 2.24) is 9.55 Å². The average molecular weight is 609 g/mol. The van der Waals surface area contributed by atoms with Crippen LogP contribution in [0.1, 0.15) is 71.0 Å². The molecule has 0 spiro atoms. The number of primary amides is 1. The van der Waals surface area contributed by atoms with E-state index in [9.17, 15) is 22.8 Å². The molecule has 8 nitrogen and oxygen atoms in total. The number of carbonyl (C=O) groups excluding carboxylic acids is 1. The maximum Gasteiger partial charge on any atom is 0.398 e. The second kappa shape index (κ2) is 10.4. The number of hydrogen-bond donors (Lipinski definition) is 1. The number of oxazole rings is 1. The lowest BCUT2D eigenvalue weighted by atomic mass is 9.84. The van der Waals surface area contributed by atoms with Crippen LogP contribution in [-0.2, 0) is 23.6 Å². The molecule has 1 unspecified atom stereocenters. The van der Waals surface area contributed by atoms with Crippen LogP contribution in [0.3, 0.4) is 0 Å². The van der Waals surface area contributed by atoms with Crippen LogP contribution in [0.15, 0.2) is 39.5 Å². The highest BCUT2D eigenvalue weighted by Crippen LogP contribution is 2.60. The predicted molar refractivity (Wildman–Crippen MR) is 160 cm³/mol. The lowest BCUT2D eigenvalue weighted by Crippen LogP contribution is -2.38. The molecule has 0 radical (unpaired) electrons. The van der Waals surface area contributed by atoms with Gasteiger partial charge in [0.2, 0.25) is 0 Å². The first-order valence-corrected chi connectivity index (χ1v) is 15.2. The molecular weight excluding hydrogens is 573 g/mol. The average Bonchev–Trinajstić information content (AvgIpc) is 3.46. The van der Waals surface area contributed by atoms with Gasteiger partial charge in [0.05, 0.1) is 16.6 Å². The Balaban J connectivity index is 1.33. The third-order valence-electron chi connectivity index (χ3n) is 9.90. The van der Waals surface area contributed by atoms with E-state index < -0.39 is 23.1 Å². The van der Waals surface area contributed by atoms with Crippen LogP contribution in [0.25, 0.3) is 22.0 Å². The van der Waals surface area contributed by atoms with Gasteiger partial charge in [-0.25, -0.2) is 4.98 Å². The number of alkyl halides is 3. The highest BCUT2D eigenvalue weighted by Gasteiger charge is 2.64. The van der Waals surface area contributed by atoms with Gasteiger partial charge in [0.25, 0.3) is 11.5 Å². The Morgan fingerprint density at radius 1 is 1.14 bits per heavy atom. The zero-order valence-corrected chi connectivity index (χ0v) is 24.8. The van der Waals surface area contributed by atoms with Crippen molar-refractivity contribution < 1.29 is 27.1 Å². The number of aromatic nitrogens is 2. The zero-order chi connectivity index (χ0) is 31.0.